The molecular weight excluding hydrogens is 211 g/mol. The molecule has 1 aromatic heterocycles. The van der Waals surface area contributed by atoms with Crippen molar-refractivity contribution in [2.45, 2.75) is 20.1 Å². The molecule has 1 aromatic rings. The first-order chi connectivity index (χ1) is 7.76. The minimum absolute atomic E-state index is 0.413. The Hall–Kier alpha value is -1.33. The smallest absolute Gasteiger partial charge is 0.177 e. The minimum Gasteiger partial charge on any atom is -0.349 e. The lowest BCUT2D eigenvalue weighted by Gasteiger charge is -2.11. The van der Waals surface area contributed by atoms with E-state index in [1.54, 1.807) is 12.2 Å². The van der Waals surface area contributed by atoms with E-state index < -0.39 is 12.1 Å². The number of nitrogens with zero attached hydrogens (tertiary/aromatic N) is 2. The first kappa shape index (κ1) is 12.7. The molecule has 0 N–H and O–H groups in total. The third-order valence-electron chi connectivity index (χ3n) is 1.70. The van der Waals surface area contributed by atoms with Gasteiger partial charge in [0.15, 0.2) is 17.9 Å². The molecule has 0 spiro atoms. The molecule has 0 saturated heterocycles. The summed E-state index contributed by atoms with van der Waals surface area (Å²) in [6.07, 6.45) is 5.14. The summed E-state index contributed by atoms with van der Waals surface area (Å²) in [7, 11) is 0. The predicted molar refractivity (Wildman–Crippen MR) is 58.1 cm³/mol. The van der Waals surface area contributed by atoms with E-state index in [4.69, 9.17) is 9.47 Å². The van der Waals surface area contributed by atoms with Gasteiger partial charge in [-0.2, -0.15) is 0 Å². The fourth-order valence-corrected chi connectivity index (χ4v) is 1.06. The molecule has 0 atom stereocenters. The van der Waals surface area contributed by atoms with E-state index in [1.165, 1.54) is 0 Å². The maximum atomic E-state index is 12.5. The van der Waals surface area contributed by atoms with Gasteiger partial charge in [-0.05, 0) is 26.0 Å². The molecule has 0 saturated carbocycles. The highest BCUT2D eigenvalue weighted by atomic mass is 19.1. The SMILES string of the molecule is CCOC(C=Cc1ncc(F)cn1)OCC. The van der Waals surface area contributed by atoms with E-state index in [-0.39, 0.29) is 0 Å². The van der Waals surface area contributed by atoms with Crippen molar-refractivity contribution in [1.82, 2.24) is 9.97 Å². The number of hydrogen-bond donors (Lipinski definition) is 0. The van der Waals surface area contributed by atoms with Gasteiger partial charge in [0.05, 0.1) is 12.4 Å². The third-order valence-corrected chi connectivity index (χ3v) is 1.70. The number of rotatable bonds is 6. The zero-order chi connectivity index (χ0) is 11.8. The van der Waals surface area contributed by atoms with Gasteiger partial charge in [-0.25, -0.2) is 14.4 Å². The van der Waals surface area contributed by atoms with Gasteiger partial charge in [0, 0.05) is 13.2 Å². The quantitative estimate of drug-likeness (QED) is 0.696. The zero-order valence-corrected chi connectivity index (χ0v) is 9.39. The van der Waals surface area contributed by atoms with E-state index in [0.29, 0.717) is 19.0 Å². The molecule has 0 radical (unpaired) electrons. The maximum Gasteiger partial charge on any atom is 0.177 e. The fraction of sp³-hybridized carbons (Fsp3) is 0.455. The van der Waals surface area contributed by atoms with E-state index in [1.807, 2.05) is 13.8 Å². The Bertz CT molecular complexity index is 321. The van der Waals surface area contributed by atoms with Crippen molar-refractivity contribution >= 4 is 6.08 Å². The number of hydrogen-bond acceptors (Lipinski definition) is 4. The Kier molecular flexibility index (Phi) is 5.60. The molecular formula is C11H15FN2O2. The summed E-state index contributed by atoms with van der Waals surface area (Å²) in [5.74, 6) is -0.0332. The molecule has 16 heavy (non-hydrogen) atoms. The fourth-order valence-electron chi connectivity index (χ4n) is 1.06. The van der Waals surface area contributed by atoms with Gasteiger partial charge in [0.1, 0.15) is 0 Å². The molecule has 0 amide bonds. The van der Waals surface area contributed by atoms with Crippen LogP contribution in [0.5, 0.6) is 0 Å². The Balaban J connectivity index is 2.58. The van der Waals surface area contributed by atoms with Gasteiger partial charge in [0.25, 0.3) is 0 Å². The molecule has 5 heteroatoms. The molecule has 0 aliphatic heterocycles. The Morgan fingerprint density at radius 3 is 2.31 bits per heavy atom. The summed E-state index contributed by atoms with van der Waals surface area (Å²) < 4.78 is 23.1. The number of halogens is 1. The normalized spacial score (nSPS) is 11.5. The molecule has 0 aromatic carbocycles. The average molecular weight is 226 g/mol. The Morgan fingerprint density at radius 1 is 1.25 bits per heavy atom. The highest BCUT2D eigenvalue weighted by Crippen LogP contribution is 2.01. The summed E-state index contributed by atoms with van der Waals surface area (Å²) in [4.78, 5) is 7.57. The second-order valence-electron chi connectivity index (χ2n) is 2.90. The van der Waals surface area contributed by atoms with E-state index >= 15 is 0 Å². The van der Waals surface area contributed by atoms with Crippen LogP contribution >= 0.6 is 0 Å². The van der Waals surface area contributed by atoms with E-state index in [9.17, 15) is 4.39 Å². The topological polar surface area (TPSA) is 44.2 Å². The molecule has 0 aliphatic carbocycles. The maximum absolute atomic E-state index is 12.5. The van der Waals surface area contributed by atoms with Crippen molar-refractivity contribution in [2.24, 2.45) is 0 Å². The number of ether oxygens (including phenoxy) is 2. The summed E-state index contributed by atoms with van der Waals surface area (Å²) in [6, 6.07) is 0. The van der Waals surface area contributed by atoms with Crippen LogP contribution < -0.4 is 0 Å². The third kappa shape index (κ3) is 4.46. The second-order valence-corrected chi connectivity index (χ2v) is 2.90. The first-order valence-electron chi connectivity index (χ1n) is 5.15. The number of aromatic nitrogens is 2. The molecule has 0 aliphatic rings. The lowest BCUT2D eigenvalue weighted by Crippen LogP contribution is -2.14. The van der Waals surface area contributed by atoms with E-state index in [2.05, 4.69) is 9.97 Å². The first-order valence-corrected chi connectivity index (χ1v) is 5.15. The van der Waals surface area contributed by atoms with Crippen molar-refractivity contribution in [3.8, 4) is 0 Å². The van der Waals surface area contributed by atoms with Crippen LogP contribution in [0.2, 0.25) is 0 Å². The van der Waals surface area contributed by atoms with Crippen LogP contribution in [0.3, 0.4) is 0 Å². The van der Waals surface area contributed by atoms with Crippen molar-refractivity contribution in [2.75, 3.05) is 13.2 Å². The van der Waals surface area contributed by atoms with E-state index in [0.717, 1.165) is 12.4 Å². The highest BCUT2D eigenvalue weighted by molar-refractivity contribution is 5.39. The van der Waals surface area contributed by atoms with Gasteiger partial charge in [-0.3, -0.25) is 0 Å². The lowest BCUT2D eigenvalue weighted by atomic mass is 10.4. The molecule has 0 unspecified atom stereocenters. The lowest BCUT2D eigenvalue weighted by molar-refractivity contribution is -0.103. The Labute approximate surface area is 94.1 Å². The summed E-state index contributed by atoms with van der Waals surface area (Å²) in [5, 5.41) is 0. The summed E-state index contributed by atoms with van der Waals surface area (Å²) >= 11 is 0. The Morgan fingerprint density at radius 2 is 1.81 bits per heavy atom. The van der Waals surface area contributed by atoms with Crippen LogP contribution in [-0.2, 0) is 9.47 Å². The van der Waals surface area contributed by atoms with Crippen molar-refractivity contribution < 1.29 is 13.9 Å². The van der Waals surface area contributed by atoms with Crippen LogP contribution in [-0.4, -0.2) is 29.5 Å². The van der Waals surface area contributed by atoms with Crippen LogP contribution in [0.1, 0.15) is 19.7 Å². The summed E-state index contributed by atoms with van der Waals surface area (Å²) in [5.41, 5.74) is 0. The molecule has 0 fully saturated rings. The van der Waals surface area contributed by atoms with Gasteiger partial charge < -0.3 is 9.47 Å². The van der Waals surface area contributed by atoms with Crippen LogP contribution in [0.4, 0.5) is 4.39 Å². The van der Waals surface area contributed by atoms with Crippen molar-refractivity contribution in [3.63, 3.8) is 0 Å². The second kappa shape index (κ2) is 7.03. The molecule has 0 bridgehead atoms. The van der Waals surface area contributed by atoms with Gasteiger partial charge in [0.2, 0.25) is 0 Å². The summed E-state index contributed by atoms with van der Waals surface area (Å²) in [6.45, 7) is 4.88. The van der Waals surface area contributed by atoms with Crippen molar-refractivity contribution in [1.29, 1.82) is 0 Å². The predicted octanol–water partition coefficient (Wildman–Crippen LogP) is 2.03. The highest BCUT2D eigenvalue weighted by Gasteiger charge is 2.02. The molecule has 1 heterocycles. The largest absolute Gasteiger partial charge is 0.349 e. The van der Waals surface area contributed by atoms with Crippen molar-refractivity contribution in [3.05, 3.63) is 30.1 Å². The molecule has 88 valence electrons. The van der Waals surface area contributed by atoms with Gasteiger partial charge >= 0.3 is 0 Å². The van der Waals surface area contributed by atoms with Crippen LogP contribution in [0, 0.1) is 5.82 Å². The molecule has 1 rings (SSSR count). The standard InChI is InChI=1S/C11H15FN2O2/c1-3-15-11(16-4-2)6-5-10-13-7-9(12)8-14-10/h5-8,11H,3-4H2,1-2H3. The monoisotopic (exact) mass is 226 g/mol. The molecule has 4 nitrogen and oxygen atoms in total. The minimum atomic E-state index is -0.455. The zero-order valence-electron chi connectivity index (χ0n) is 9.39. The average Bonchev–Trinajstić information content (AvgIpc) is 2.29. The van der Waals surface area contributed by atoms with Gasteiger partial charge in [-0.15, -0.1) is 0 Å². The van der Waals surface area contributed by atoms with Crippen LogP contribution in [0.15, 0.2) is 18.5 Å². The van der Waals surface area contributed by atoms with Crippen LogP contribution in [0.25, 0.3) is 6.08 Å². The van der Waals surface area contributed by atoms with Gasteiger partial charge in [-0.1, -0.05) is 0 Å².